The molecular weight excluding hydrogens is 192 g/mol. The fourth-order valence-electron chi connectivity index (χ4n) is 0.646. The smallest absolute Gasteiger partial charge is 0.235 e. The molecule has 6 heteroatoms. The Morgan fingerprint density at radius 1 is 1.77 bits per heavy atom. The molecular formula is C7H10N2O3S. The third-order valence-electron chi connectivity index (χ3n) is 1.39. The minimum atomic E-state index is -1.52. The number of rotatable bonds is 4. The number of amides is 1. The van der Waals surface area contributed by atoms with Crippen molar-refractivity contribution in [3.05, 3.63) is 18.4 Å². The van der Waals surface area contributed by atoms with Crippen molar-refractivity contribution >= 4 is 16.9 Å². The molecule has 0 fully saturated rings. The van der Waals surface area contributed by atoms with E-state index in [-0.39, 0.29) is 5.09 Å². The Kier molecular flexibility index (Phi) is 3.21. The summed E-state index contributed by atoms with van der Waals surface area (Å²) in [6.07, 6.45) is 1.41. The average Bonchev–Trinajstić information content (AvgIpc) is 2.55. The third kappa shape index (κ3) is 2.67. The van der Waals surface area contributed by atoms with E-state index in [2.05, 4.69) is 4.72 Å². The van der Waals surface area contributed by atoms with Crippen molar-refractivity contribution in [3.63, 3.8) is 0 Å². The predicted octanol–water partition coefficient (Wildman–Crippen LogP) is -0.234. The van der Waals surface area contributed by atoms with Crippen LogP contribution in [0, 0.1) is 0 Å². The maximum Gasteiger partial charge on any atom is 0.235 e. The van der Waals surface area contributed by atoms with Crippen LogP contribution in [0.1, 0.15) is 6.92 Å². The van der Waals surface area contributed by atoms with Crippen molar-refractivity contribution in [1.82, 2.24) is 4.72 Å². The zero-order chi connectivity index (χ0) is 9.84. The molecule has 2 atom stereocenters. The lowest BCUT2D eigenvalue weighted by atomic mass is 10.4. The minimum absolute atomic E-state index is 0.271. The number of hydrogen-bond acceptors (Lipinski definition) is 3. The second kappa shape index (κ2) is 4.20. The normalized spacial score (nSPS) is 15.2. The van der Waals surface area contributed by atoms with Crippen LogP contribution < -0.4 is 10.5 Å². The van der Waals surface area contributed by atoms with Gasteiger partial charge in [0.15, 0.2) is 11.0 Å². The third-order valence-corrected chi connectivity index (χ3v) is 2.55. The molecule has 2 unspecified atom stereocenters. The molecule has 1 rings (SSSR count). The first-order valence-electron chi connectivity index (χ1n) is 3.62. The van der Waals surface area contributed by atoms with Gasteiger partial charge in [0.2, 0.25) is 11.0 Å². The summed E-state index contributed by atoms with van der Waals surface area (Å²) in [5.41, 5.74) is 4.97. The van der Waals surface area contributed by atoms with Gasteiger partial charge in [-0.05, 0) is 19.1 Å². The molecule has 0 aliphatic carbocycles. The summed E-state index contributed by atoms with van der Waals surface area (Å²) in [5.74, 6) is -0.556. The van der Waals surface area contributed by atoms with E-state index in [9.17, 15) is 9.00 Å². The molecule has 0 aromatic carbocycles. The second-order valence-electron chi connectivity index (χ2n) is 2.44. The van der Waals surface area contributed by atoms with Crippen molar-refractivity contribution < 1.29 is 13.4 Å². The van der Waals surface area contributed by atoms with Crippen molar-refractivity contribution in [2.75, 3.05) is 0 Å². The number of primary amides is 1. The van der Waals surface area contributed by atoms with Crippen molar-refractivity contribution in [2.24, 2.45) is 5.73 Å². The highest BCUT2D eigenvalue weighted by Crippen LogP contribution is 2.04. The fraction of sp³-hybridized carbons (Fsp3) is 0.286. The molecule has 0 bridgehead atoms. The van der Waals surface area contributed by atoms with E-state index in [0.29, 0.717) is 0 Å². The van der Waals surface area contributed by atoms with Gasteiger partial charge in [0, 0.05) is 0 Å². The first-order chi connectivity index (χ1) is 6.11. The van der Waals surface area contributed by atoms with Crippen LogP contribution in [-0.4, -0.2) is 16.2 Å². The summed E-state index contributed by atoms with van der Waals surface area (Å²) in [6.45, 7) is 1.53. The van der Waals surface area contributed by atoms with Gasteiger partial charge in [-0.3, -0.25) is 4.79 Å². The van der Waals surface area contributed by atoms with E-state index in [1.807, 2.05) is 0 Å². The number of carbonyl (C=O) groups excluding carboxylic acids is 1. The van der Waals surface area contributed by atoms with Gasteiger partial charge in [0.1, 0.15) is 0 Å². The molecule has 1 aromatic rings. The SMILES string of the molecule is CC(NS(=O)c1ccco1)C(N)=O. The lowest BCUT2D eigenvalue weighted by Crippen LogP contribution is -2.39. The number of hydrogen-bond donors (Lipinski definition) is 2. The highest BCUT2D eigenvalue weighted by Gasteiger charge is 2.14. The monoisotopic (exact) mass is 202 g/mol. The zero-order valence-electron chi connectivity index (χ0n) is 7.02. The Morgan fingerprint density at radius 3 is 2.92 bits per heavy atom. The standard InChI is InChI=1S/C7H10N2O3S/c1-5(7(8)10)9-13(11)6-3-2-4-12-6/h2-5,9H,1H3,(H2,8,10). The molecule has 1 amide bonds. The number of carbonyl (C=O) groups is 1. The maximum atomic E-state index is 11.3. The molecule has 1 heterocycles. The van der Waals surface area contributed by atoms with E-state index in [4.69, 9.17) is 10.2 Å². The van der Waals surface area contributed by atoms with Crippen LogP contribution in [0.4, 0.5) is 0 Å². The summed E-state index contributed by atoms with van der Waals surface area (Å²) in [6, 6.07) is 2.52. The van der Waals surface area contributed by atoms with Crippen LogP contribution in [0.15, 0.2) is 27.9 Å². The molecule has 0 radical (unpaired) electrons. The predicted molar refractivity (Wildman–Crippen MR) is 46.9 cm³/mol. The Balaban J connectivity index is 2.56. The minimum Gasteiger partial charge on any atom is -0.454 e. The number of nitrogens with one attached hydrogen (secondary N) is 1. The van der Waals surface area contributed by atoms with Gasteiger partial charge in [-0.2, -0.15) is 0 Å². The van der Waals surface area contributed by atoms with Crippen LogP contribution in [0.5, 0.6) is 0 Å². The number of nitrogens with two attached hydrogens (primary N) is 1. The van der Waals surface area contributed by atoms with E-state index < -0.39 is 22.9 Å². The van der Waals surface area contributed by atoms with Gasteiger partial charge >= 0.3 is 0 Å². The van der Waals surface area contributed by atoms with Crippen LogP contribution in [0.25, 0.3) is 0 Å². The summed E-state index contributed by atoms with van der Waals surface area (Å²) < 4.78 is 18.7. The van der Waals surface area contributed by atoms with Crippen LogP contribution >= 0.6 is 0 Å². The van der Waals surface area contributed by atoms with Gasteiger partial charge < -0.3 is 10.2 Å². The molecule has 0 aliphatic rings. The molecule has 72 valence electrons. The van der Waals surface area contributed by atoms with Crippen LogP contribution in [0.3, 0.4) is 0 Å². The highest BCUT2D eigenvalue weighted by molar-refractivity contribution is 7.82. The summed E-state index contributed by atoms with van der Waals surface area (Å²) in [4.78, 5) is 10.6. The summed E-state index contributed by atoms with van der Waals surface area (Å²) in [7, 11) is -1.52. The van der Waals surface area contributed by atoms with Gasteiger partial charge in [-0.25, -0.2) is 8.93 Å². The van der Waals surface area contributed by atoms with Gasteiger partial charge in [0.25, 0.3) is 0 Å². The Morgan fingerprint density at radius 2 is 2.46 bits per heavy atom. The summed E-state index contributed by atoms with van der Waals surface area (Å²) >= 11 is 0. The van der Waals surface area contributed by atoms with Crippen molar-refractivity contribution in [2.45, 2.75) is 18.1 Å². The molecule has 0 aliphatic heterocycles. The van der Waals surface area contributed by atoms with Crippen LogP contribution in [0.2, 0.25) is 0 Å². The van der Waals surface area contributed by atoms with Crippen molar-refractivity contribution in [3.8, 4) is 0 Å². The molecule has 0 saturated carbocycles. The number of furan rings is 1. The quantitative estimate of drug-likeness (QED) is 0.707. The van der Waals surface area contributed by atoms with Gasteiger partial charge in [-0.1, -0.05) is 0 Å². The van der Waals surface area contributed by atoms with Crippen LogP contribution in [-0.2, 0) is 15.8 Å². The topological polar surface area (TPSA) is 85.3 Å². The molecule has 5 nitrogen and oxygen atoms in total. The molecule has 1 aromatic heterocycles. The van der Waals surface area contributed by atoms with E-state index >= 15 is 0 Å². The molecule has 0 saturated heterocycles. The zero-order valence-corrected chi connectivity index (χ0v) is 7.84. The lowest BCUT2D eigenvalue weighted by molar-refractivity contribution is -0.119. The average molecular weight is 202 g/mol. The van der Waals surface area contributed by atoms with Crippen molar-refractivity contribution in [1.29, 1.82) is 0 Å². The maximum absolute atomic E-state index is 11.3. The molecule has 0 spiro atoms. The Bertz CT molecular complexity index is 310. The highest BCUT2D eigenvalue weighted by atomic mass is 32.2. The summed E-state index contributed by atoms with van der Waals surface area (Å²) in [5, 5.41) is 0.271. The van der Waals surface area contributed by atoms with Gasteiger partial charge in [0.05, 0.1) is 12.3 Å². The first kappa shape index (κ1) is 9.94. The fourth-order valence-corrected chi connectivity index (χ4v) is 1.54. The first-order valence-corrected chi connectivity index (χ1v) is 4.77. The molecule has 3 N–H and O–H groups in total. The largest absolute Gasteiger partial charge is 0.454 e. The second-order valence-corrected chi connectivity index (χ2v) is 3.62. The lowest BCUT2D eigenvalue weighted by Gasteiger charge is -2.06. The van der Waals surface area contributed by atoms with E-state index in [1.165, 1.54) is 13.2 Å². The van der Waals surface area contributed by atoms with E-state index in [0.717, 1.165) is 0 Å². The molecule has 13 heavy (non-hydrogen) atoms. The Labute approximate surface area is 77.9 Å². The van der Waals surface area contributed by atoms with E-state index in [1.54, 1.807) is 12.1 Å². The van der Waals surface area contributed by atoms with Gasteiger partial charge in [-0.15, -0.1) is 0 Å². The Hall–Kier alpha value is -1.14.